The lowest BCUT2D eigenvalue weighted by Crippen LogP contribution is -2.54. The van der Waals surface area contributed by atoms with Crippen molar-refractivity contribution in [2.24, 2.45) is 4.99 Å². The molecule has 0 unspecified atom stereocenters. The van der Waals surface area contributed by atoms with Crippen molar-refractivity contribution >= 4 is 23.2 Å². The van der Waals surface area contributed by atoms with Crippen LogP contribution in [0.1, 0.15) is 36.9 Å². The number of piperidine rings is 1. The van der Waals surface area contributed by atoms with E-state index in [0.29, 0.717) is 37.1 Å². The Morgan fingerprint density at radius 3 is 2.43 bits per heavy atom. The minimum Gasteiger partial charge on any atom is -0.357 e. The van der Waals surface area contributed by atoms with Crippen molar-refractivity contribution in [3.8, 4) is 0 Å². The van der Waals surface area contributed by atoms with Crippen LogP contribution in [0.3, 0.4) is 0 Å². The van der Waals surface area contributed by atoms with Crippen molar-refractivity contribution in [2.75, 3.05) is 52.4 Å². The Morgan fingerprint density at radius 1 is 1.13 bits per heavy atom. The van der Waals surface area contributed by atoms with E-state index >= 15 is 0 Å². The summed E-state index contributed by atoms with van der Waals surface area (Å²) in [5, 5.41) is 4.56. The second-order valence-electron chi connectivity index (χ2n) is 7.50. The number of thiazole rings is 1. The average Bonchev–Trinajstić information content (AvgIpc) is 3.22. The third-order valence-electron chi connectivity index (χ3n) is 5.28. The van der Waals surface area contributed by atoms with E-state index in [-0.39, 0.29) is 12.5 Å². The van der Waals surface area contributed by atoms with E-state index in [0.717, 1.165) is 55.7 Å². The summed E-state index contributed by atoms with van der Waals surface area (Å²) in [7, 11) is 0. The highest BCUT2D eigenvalue weighted by Gasteiger charge is 2.33. The Labute approximate surface area is 179 Å². The van der Waals surface area contributed by atoms with Gasteiger partial charge in [-0.05, 0) is 26.2 Å². The number of aromatic nitrogens is 1. The molecule has 7 nitrogen and oxygen atoms in total. The first kappa shape index (κ1) is 22.8. The molecule has 0 radical (unpaired) electrons. The number of hydrogen-bond donors (Lipinski definition) is 1. The van der Waals surface area contributed by atoms with Gasteiger partial charge in [0.1, 0.15) is 5.01 Å². The molecule has 1 aromatic rings. The summed E-state index contributed by atoms with van der Waals surface area (Å²) in [4.78, 5) is 26.8. The molecular formula is C19H29F3N6OS. The largest absolute Gasteiger partial charge is 0.434 e. The van der Waals surface area contributed by atoms with Gasteiger partial charge >= 0.3 is 6.18 Å². The number of nitrogens with one attached hydrogen (secondary N) is 1. The van der Waals surface area contributed by atoms with Crippen molar-refractivity contribution in [3.63, 3.8) is 0 Å². The molecule has 3 heterocycles. The highest BCUT2D eigenvalue weighted by Crippen LogP contribution is 2.30. The summed E-state index contributed by atoms with van der Waals surface area (Å²) in [5.74, 6) is 0.872. The number of aliphatic imine (C=N–C) groups is 1. The molecular weight excluding hydrogens is 417 g/mol. The first-order chi connectivity index (χ1) is 14.4. The molecule has 2 aliphatic rings. The predicted molar refractivity (Wildman–Crippen MR) is 110 cm³/mol. The maximum atomic E-state index is 12.7. The van der Waals surface area contributed by atoms with Crippen LogP contribution < -0.4 is 5.32 Å². The van der Waals surface area contributed by atoms with Crippen LogP contribution in [0.4, 0.5) is 13.2 Å². The zero-order valence-corrected chi connectivity index (χ0v) is 18.1. The van der Waals surface area contributed by atoms with Gasteiger partial charge in [-0.25, -0.2) is 9.98 Å². The van der Waals surface area contributed by atoms with Crippen molar-refractivity contribution < 1.29 is 18.0 Å². The van der Waals surface area contributed by atoms with Gasteiger partial charge in [-0.15, -0.1) is 11.3 Å². The topological polar surface area (TPSA) is 64.1 Å². The molecule has 1 amide bonds. The molecule has 3 rings (SSSR count). The van der Waals surface area contributed by atoms with Gasteiger partial charge in [-0.1, -0.05) is 0 Å². The molecule has 0 saturated carbocycles. The molecule has 0 aromatic carbocycles. The SMILES string of the molecule is CCNC(=NCc1nc(C(F)(F)F)cs1)N1CCN(CC(=O)N2CCCCC2)CC1. The molecule has 1 N–H and O–H groups in total. The maximum absolute atomic E-state index is 12.7. The van der Waals surface area contributed by atoms with Crippen molar-refractivity contribution in [2.45, 2.75) is 38.9 Å². The number of halogens is 3. The third kappa shape index (κ3) is 6.31. The van der Waals surface area contributed by atoms with Crippen molar-refractivity contribution in [1.29, 1.82) is 0 Å². The second-order valence-corrected chi connectivity index (χ2v) is 8.44. The molecule has 1 aromatic heterocycles. The smallest absolute Gasteiger partial charge is 0.357 e. The summed E-state index contributed by atoms with van der Waals surface area (Å²) in [6.07, 6.45) is -1.05. The number of carbonyl (C=O) groups excluding carboxylic acids is 1. The average molecular weight is 447 g/mol. The van der Waals surface area contributed by atoms with Crippen molar-refractivity contribution in [1.82, 2.24) is 25.0 Å². The summed E-state index contributed by atoms with van der Waals surface area (Å²) in [6, 6.07) is 0. The van der Waals surface area contributed by atoms with Crippen LogP contribution in [0.25, 0.3) is 0 Å². The lowest BCUT2D eigenvalue weighted by molar-refractivity contribution is -0.140. The number of amides is 1. The van der Waals surface area contributed by atoms with Gasteiger partial charge in [0.15, 0.2) is 11.7 Å². The van der Waals surface area contributed by atoms with Gasteiger partial charge in [0.2, 0.25) is 5.91 Å². The van der Waals surface area contributed by atoms with Crippen LogP contribution in [-0.4, -0.2) is 83.9 Å². The Balaban J connectivity index is 1.51. The van der Waals surface area contributed by atoms with Crippen LogP contribution in [0.5, 0.6) is 0 Å². The first-order valence-corrected chi connectivity index (χ1v) is 11.3. The number of guanidine groups is 1. The molecule has 2 fully saturated rings. The molecule has 2 saturated heterocycles. The quantitative estimate of drug-likeness (QED) is 0.555. The molecule has 0 bridgehead atoms. The number of likely N-dealkylation sites (tertiary alicyclic amines) is 1. The lowest BCUT2D eigenvalue weighted by atomic mass is 10.1. The number of alkyl halides is 3. The molecule has 30 heavy (non-hydrogen) atoms. The number of piperazine rings is 1. The Bertz CT molecular complexity index is 724. The predicted octanol–water partition coefficient (Wildman–Crippen LogP) is 2.26. The molecule has 168 valence electrons. The number of rotatable bonds is 5. The Morgan fingerprint density at radius 2 is 1.83 bits per heavy atom. The van der Waals surface area contributed by atoms with Gasteiger partial charge < -0.3 is 15.1 Å². The second kappa shape index (κ2) is 10.4. The first-order valence-electron chi connectivity index (χ1n) is 10.4. The number of nitrogens with zero attached hydrogens (tertiary/aromatic N) is 5. The molecule has 2 aliphatic heterocycles. The summed E-state index contributed by atoms with van der Waals surface area (Å²) in [5.41, 5.74) is -0.866. The van der Waals surface area contributed by atoms with E-state index in [1.807, 2.05) is 11.8 Å². The number of hydrogen-bond acceptors (Lipinski definition) is 5. The van der Waals surface area contributed by atoms with Gasteiger partial charge in [0.25, 0.3) is 0 Å². The number of carbonyl (C=O) groups is 1. The monoisotopic (exact) mass is 446 g/mol. The molecule has 0 spiro atoms. The van der Waals surface area contributed by atoms with Crippen LogP contribution >= 0.6 is 11.3 Å². The van der Waals surface area contributed by atoms with E-state index in [9.17, 15) is 18.0 Å². The Hall–Kier alpha value is -1.88. The Kier molecular flexibility index (Phi) is 7.93. The fourth-order valence-corrected chi connectivity index (χ4v) is 4.36. The highest BCUT2D eigenvalue weighted by molar-refractivity contribution is 7.09. The standard InChI is InChI=1S/C19H29F3N6OS/c1-2-23-18(24-12-16-25-15(14-30-16)19(20,21)22)28-10-8-26(9-11-28)13-17(29)27-6-4-3-5-7-27/h14H,2-13H2,1H3,(H,23,24). The van der Waals surface area contributed by atoms with Gasteiger partial charge in [-0.2, -0.15) is 13.2 Å². The lowest BCUT2D eigenvalue weighted by Gasteiger charge is -2.37. The summed E-state index contributed by atoms with van der Waals surface area (Å²) >= 11 is 0.969. The van der Waals surface area contributed by atoms with E-state index in [1.165, 1.54) is 6.42 Å². The van der Waals surface area contributed by atoms with Crippen LogP contribution in [-0.2, 0) is 17.5 Å². The van der Waals surface area contributed by atoms with E-state index < -0.39 is 11.9 Å². The van der Waals surface area contributed by atoms with E-state index in [1.54, 1.807) is 0 Å². The van der Waals surface area contributed by atoms with Gasteiger partial charge in [0.05, 0.1) is 13.1 Å². The summed E-state index contributed by atoms with van der Waals surface area (Å²) in [6.45, 7) is 7.82. The molecule has 11 heteroatoms. The zero-order valence-electron chi connectivity index (χ0n) is 17.2. The fraction of sp³-hybridized carbons (Fsp3) is 0.737. The van der Waals surface area contributed by atoms with Crippen LogP contribution in [0, 0.1) is 0 Å². The van der Waals surface area contributed by atoms with Crippen LogP contribution in [0.15, 0.2) is 10.4 Å². The van der Waals surface area contributed by atoms with Gasteiger partial charge in [-0.3, -0.25) is 9.69 Å². The van der Waals surface area contributed by atoms with Gasteiger partial charge in [0, 0.05) is 51.2 Å². The maximum Gasteiger partial charge on any atom is 0.434 e. The van der Waals surface area contributed by atoms with Crippen LogP contribution in [0.2, 0.25) is 0 Å². The highest BCUT2D eigenvalue weighted by atomic mass is 32.1. The van der Waals surface area contributed by atoms with E-state index in [2.05, 4.69) is 25.1 Å². The van der Waals surface area contributed by atoms with Crippen molar-refractivity contribution in [3.05, 3.63) is 16.1 Å². The minimum absolute atomic E-state index is 0.108. The normalized spacial score (nSPS) is 19.3. The zero-order chi connectivity index (χ0) is 21.6. The fourth-order valence-electron chi connectivity index (χ4n) is 3.63. The van der Waals surface area contributed by atoms with E-state index in [4.69, 9.17) is 0 Å². The third-order valence-corrected chi connectivity index (χ3v) is 6.11. The summed E-state index contributed by atoms with van der Waals surface area (Å²) < 4.78 is 38.1. The molecule has 0 aliphatic carbocycles. The molecule has 0 atom stereocenters. The minimum atomic E-state index is -4.43.